The number of hydrogen-bond donors (Lipinski definition) is 2. The Hall–Kier alpha value is -1.09. The van der Waals surface area contributed by atoms with Crippen molar-refractivity contribution in [2.24, 2.45) is 5.92 Å². The second kappa shape index (κ2) is 9.78. The van der Waals surface area contributed by atoms with Crippen molar-refractivity contribution in [3.63, 3.8) is 0 Å². The van der Waals surface area contributed by atoms with Crippen LogP contribution in [0.3, 0.4) is 0 Å². The van der Waals surface area contributed by atoms with Gasteiger partial charge in [0.05, 0.1) is 19.9 Å². The first-order valence-corrected chi connectivity index (χ1v) is 7.80. The van der Waals surface area contributed by atoms with Gasteiger partial charge in [0.25, 0.3) is 0 Å². The molecule has 4 heteroatoms. The number of unbranched alkanes of at least 4 members (excludes halogenated alkanes) is 1. The van der Waals surface area contributed by atoms with Crippen LogP contribution in [-0.4, -0.2) is 36.1 Å². The molecule has 1 aliphatic carbocycles. The molecule has 114 valence electrons. The quantitative estimate of drug-likeness (QED) is 0.312. The smallest absolute Gasteiger partial charge is 0.169 e. The molecule has 0 amide bonds. The molecule has 2 unspecified atom stereocenters. The monoisotopic (exact) mass is 288 g/mol. The van der Waals surface area contributed by atoms with Gasteiger partial charge in [0, 0.05) is 6.42 Å². The molecule has 1 saturated carbocycles. The van der Waals surface area contributed by atoms with E-state index < -0.39 is 12.2 Å². The molecule has 1 rings (SSSR count). The minimum atomic E-state index is -0.924. The summed E-state index contributed by atoms with van der Waals surface area (Å²) in [7, 11) is 5.42. The number of allylic oxidation sites excluding steroid dienone is 2. The number of rotatable bonds is 8. The lowest BCUT2D eigenvalue weighted by Crippen LogP contribution is -2.17. The molecule has 2 radical (unpaired) electrons. The average molecular weight is 288 g/mol. The number of carbonyl (C=O) groups is 1. The van der Waals surface area contributed by atoms with Gasteiger partial charge in [0.15, 0.2) is 5.78 Å². The Bertz CT molecular complexity index is 422. The Morgan fingerprint density at radius 1 is 1.48 bits per heavy atom. The minimum absolute atomic E-state index is 0.139. The van der Waals surface area contributed by atoms with E-state index in [9.17, 15) is 15.0 Å². The lowest BCUT2D eigenvalue weighted by atomic mass is 9.97. The molecule has 3 atom stereocenters. The van der Waals surface area contributed by atoms with Gasteiger partial charge in [0.1, 0.15) is 6.10 Å². The molecule has 0 aromatic carbocycles. The van der Waals surface area contributed by atoms with Crippen molar-refractivity contribution in [1.82, 2.24) is 0 Å². The van der Waals surface area contributed by atoms with Gasteiger partial charge in [-0.05, 0) is 30.9 Å². The van der Waals surface area contributed by atoms with E-state index in [2.05, 4.69) is 5.73 Å². The van der Waals surface area contributed by atoms with Crippen LogP contribution in [0.2, 0.25) is 6.32 Å². The van der Waals surface area contributed by atoms with Crippen LogP contribution < -0.4 is 0 Å². The van der Waals surface area contributed by atoms with Gasteiger partial charge >= 0.3 is 0 Å². The molecule has 0 saturated heterocycles. The molecule has 2 N–H and O–H groups in total. The van der Waals surface area contributed by atoms with Crippen LogP contribution in [0.1, 0.15) is 45.4 Å². The molecular formula is C17H25BO3. The number of carbonyl (C=O) groups excluding carboxylic acids is 1. The first-order valence-electron chi connectivity index (χ1n) is 7.80. The second-order valence-electron chi connectivity index (χ2n) is 5.51. The molecule has 1 aliphatic rings. The topological polar surface area (TPSA) is 57.5 Å². The summed E-state index contributed by atoms with van der Waals surface area (Å²) in [6, 6.07) is 0. The molecule has 21 heavy (non-hydrogen) atoms. The van der Waals surface area contributed by atoms with Gasteiger partial charge in [-0.15, -0.1) is 5.73 Å². The van der Waals surface area contributed by atoms with Crippen molar-refractivity contribution in [3.8, 4) is 0 Å². The first kappa shape index (κ1) is 18.0. The van der Waals surface area contributed by atoms with Crippen LogP contribution in [-0.2, 0) is 4.79 Å². The van der Waals surface area contributed by atoms with E-state index in [1.165, 1.54) is 0 Å². The lowest BCUT2D eigenvalue weighted by Gasteiger charge is -2.06. The maximum Gasteiger partial charge on any atom is 0.169 e. The third-order valence-corrected chi connectivity index (χ3v) is 3.66. The molecule has 3 nitrogen and oxygen atoms in total. The average Bonchev–Trinajstić information content (AvgIpc) is 2.73. The third-order valence-electron chi connectivity index (χ3n) is 3.66. The van der Waals surface area contributed by atoms with Crippen molar-refractivity contribution < 1.29 is 15.0 Å². The highest BCUT2D eigenvalue weighted by atomic mass is 16.3. The highest BCUT2D eigenvalue weighted by Crippen LogP contribution is 2.30. The highest BCUT2D eigenvalue weighted by Gasteiger charge is 2.36. The molecule has 0 bridgehead atoms. The summed E-state index contributed by atoms with van der Waals surface area (Å²) in [4.78, 5) is 12.0. The fourth-order valence-electron chi connectivity index (χ4n) is 2.44. The summed E-state index contributed by atoms with van der Waals surface area (Å²) < 4.78 is 0. The van der Waals surface area contributed by atoms with Crippen molar-refractivity contribution in [1.29, 1.82) is 0 Å². The highest BCUT2D eigenvalue weighted by molar-refractivity contribution is 6.08. The maximum atomic E-state index is 12.0. The van der Waals surface area contributed by atoms with Gasteiger partial charge in [-0.1, -0.05) is 38.2 Å². The Kier molecular flexibility index (Phi) is 8.37. The number of ketones is 1. The van der Waals surface area contributed by atoms with Crippen LogP contribution in [0.25, 0.3) is 0 Å². The molecule has 1 fully saturated rings. The Morgan fingerprint density at radius 3 is 2.90 bits per heavy atom. The number of hydrogen-bond acceptors (Lipinski definition) is 3. The molecular weight excluding hydrogens is 263 g/mol. The second-order valence-corrected chi connectivity index (χ2v) is 5.51. The minimum Gasteiger partial charge on any atom is -0.388 e. The summed E-state index contributed by atoms with van der Waals surface area (Å²) >= 11 is 0. The largest absolute Gasteiger partial charge is 0.388 e. The Labute approximate surface area is 128 Å². The normalized spacial score (nSPS) is 23.6. The van der Waals surface area contributed by atoms with Crippen LogP contribution in [0, 0.1) is 5.92 Å². The van der Waals surface area contributed by atoms with Crippen molar-refractivity contribution in [2.75, 3.05) is 0 Å². The number of Topliss-reactive ketones (excluding diaryl/α,β-unsaturated/α-hetero) is 1. The lowest BCUT2D eigenvalue weighted by molar-refractivity contribution is -0.127. The summed E-state index contributed by atoms with van der Waals surface area (Å²) in [5.41, 5.74) is 3.83. The van der Waals surface area contributed by atoms with Crippen LogP contribution >= 0.6 is 0 Å². The SMILES string of the molecule is [B]CCC/C=C\C[C@H]1C(=O)C(O)CC1=C=CC(O)CCC. The van der Waals surface area contributed by atoms with E-state index in [4.69, 9.17) is 7.85 Å². The van der Waals surface area contributed by atoms with E-state index in [0.717, 1.165) is 24.8 Å². The molecule has 0 aromatic rings. The van der Waals surface area contributed by atoms with E-state index >= 15 is 0 Å². The molecule has 0 aliphatic heterocycles. The fourth-order valence-corrected chi connectivity index (χ4v) is 2.44. The van der Waals surface area contributed by atoms with E-state index in [-0.39, 0.29) is 11.7 Å². The molecule has 0 aromatic heterocycles. The van der Waals surface area contributed by atoms with Crippen molar-refractivity contribution in [3.05, 3.63) is 29.5 Å². The summed E-state index contributed by atoms with van der Waals surface area (Å²) in [5, 5.41) is 19.4. The zero-order valence-corrected chi connectivity index (χ0v) is 12.8. The van der Waals surface area contributed by atoms with Gasteiger partial charge in [-0.25, -0.2) is 0 Å². The third kappa shape index (κ3) is 6.05. The van der Waals surface area contributed by atoms with Crippen LogP contribution in [0.4, 0.5) is 0 Å². The van der Waals surface area contributed by atoms with Crippen LogP contribution in [0.15, 0.2) is 29.5 Å². The zero-order valence-electron chi connectivity index (χ0n) is 12.8. The first-order chi connectivity index (χ1) is 10.1. The molecule has 0 heterocycles. The van der Waals surface area contributed by atoms with Gasteiger partial charge in [-0.3, -0.25) is 4.79 Å². The van der Waals surface area contributed by atoms with Crippen molar-refractivity contribution >= 4 is 13.6 Å². The predicted molar refractivity (Wildman–Crippen MR) is 85.2 cm³/mol. The Balaban J connectivity index is 2.70. The molecule has 0 spiro atoms. The standard InChI is InChI=1S/C17H25BO3/c1-2-7-14(19)10-9-13-12-16(20)17(21)15(13)8-5-3-4-6-11-18/h3,5,10,14-16,19-20H,2,4,6-8,11-12H2,1H3/b5-3-/t9?,14?,15-,16?/m1/s1. The van der Waals surface area contributed by atoms with E-state index in [1.54, 1.807) is 6.08 Å². The number of aliphatic hydroxyl groups is 2. The van der Waals surface area contributed by atoms with Gasteiger partial charge in [0.2, 0.25) is 0 Å². The number of aliphatic hydroxyl groups excluding tert-OH is 2. The van der Waals surface area contributed by atoms with Crippen LogP contribution in [0.5, 0.6) is 0 Å². The summed E-state index contributed by atoms with van der Waals surface area (Å²) in [6.45, 7) is 2.00. The van der Waals surface area contributed by atoms with E-state index in [1.807, 2.05) is 19.1 Å². The van der Waals surface area contributed by atoms with Crippen molar-refractivity contribution in [2.45, 2.75) is 64.0 Å². The fraction of sp³-hybridized carbons (Fsp3) is 0.647. The maximum absolute atomic E-state index is 12.0. The van der Waals surface area contributed by atoms with Gasteiger partial charge < -0.3 is 10.2 Å². The summed E-state index contributed by atoms with van der Waals surface area (Å²) in [6.07, 6.45) is 9.14. The predicted octanol–water partition coefficient (Wildman–Crippen LogP) is 2.49. The van der Waals surface area contributed by atoms with Gasteiger partial charge in [-0.2, -0.15) is 0 Å². The summed E-state index contributed by atoms with van der Waals surface area (Å²) in [5.74, 6) is -0.446. The zero-order chi connectivity index (χ0) is 15.7. The Morgan fingerprint density at radius 2 is 2.24 bits per heavy atom. The van der Waals surface area contributed by atoms with E-state index in [0.29, 0.717) is 25.6 Å².